The van der Waals surface area contributed by atoms with Crippen LogP contribution in [0.5, 0.6) is 0 Å². The number of aliphatic carboxylic acids is 1. The Hall–Kier alpha value is -1.09. The van der Waals surface area contributed by atoms with Crippen LogP contribution in [0.4, 0.5) is 0 Å². The van der Waals surface area contributed by atoms with E-state index in [-0.39, 0.29) is 23.3 Å². The Morgan fingerprint density at radius 3 is 2.71 bits per heavy atom. The number of sulfone groups is 1. The molecule has 1 aliphatic carbocycles. The van der Waals surface area contributed by atoms with Gasteiger partial charge < -0.3 is 9.67 Å². The largest absolute Gasteiger partial charge is 0.481 e. The fraction of sp³-hybridized carbons (Fsp3) is 0.750. The lowest BCUT2D eigenvalue weighted by atomic mass is 10.2. The van der Waals surface area contributed by atoms with E-state index in [2.05, 4.69) is 10.2 Å². The summed E-state index contributed by atoms with van der Waals surface area (Å²) in [6.45, 7) is 0. The standard InChI is InChI=1S/C12H17N3O4S2/c16-10(17)6-20-12-14-13-11(8-3-4-8)15(12)9-2-1-5-21(18,19)7-9/h8-9H,1-7H2,(H,16,17). The van der Waals surface area contributed by atoms with Crippen molar-refractivity contribution in [2.75, 3.05) is 17.3 Å². The second-order valence-corrected chi connectivity index (χ2v) is 8.75. The summed E-state index contributed by atoms with van der Waals surface area (Å²) in [5.41, 5.74) is 0. The van der Waals surface area contributed by atoms with Crippen molar-refractivity contribution in [3.63, 3.8) is 0 Å². The van der Waals surface area contributed by atoms with Gasteiger partial charge in [0.1, 0.15) is 5.82 Å². The van der Waals surface area contributed by atoms with Crippen molar-refractivity contribution in [2.24, 2.45) is 0 Å². The third-order valence-electron chi connectivity index (χ3n) is 3.76. The van der Waals surface area contributed by atoms with Crippen LogP contribution in [-0.4, -0.2) is 51.5 Å². The third kappa shape index (κ3) is 3.39. The van der Waals surface area contributed by atoms with E-state index in [4.69, 9.17) is 5.11 Å². The molecule has 0 radical (unpaired) electrons. The summed E-state index contributed by atoms with van der Waals surface area (Å²) in [5, 5.41) is 17.6. The molecule has 2 heterocycles. The van der Waals surface area contributed by atoms with E-state index in [9.17, 15) is 13.2 Å². The van der Waals surface area contributed by atoms with Gasteiger partial charge in [0.05, 0.1) is 23.3 Å². The van der Waals surface area contributed by atoms with Crippen LogP contribution < -0.4 is 0 Å². The van der Waals surface area contributed by atoms with Gasteiger partial charge in [0.2, 0.25) is 0 Å². The first kappa shape index (κ1) is 14.8. The Bertz CT molecular complexity index is 651. The highest BCUT2D eigenvalue weighted by molar-refractivity contribution is 7.99. The molecule has 1 N–H and O–H groups in total. The number of rotatable bonds is 5. The Morgan fingerprint density at radius 2 is 2.10 bits per heavy atom. The molecule has 2 aliphatic rings. The van der Waals surface area contributed by atoms with Crippen molar-refractivity contribution in [1.82, 2.24) is 14.8 Å². The quantitative estimate of drug-likeness (QED) is 0.805. The average Bonchev–Trinajstić information content (AvgIpc) is 3.15. The van der Waals surface area contributed by atoms with Crippen molar-refractivity contribution < 1.29 is 18.3 Å². The lowest BCUT2D eigenvalue weighted by molar-refractivity contribution is -0.133. The van der Waals surface area contributed by atoms with Crippen molar-refractivity contribution in [1.29, 1.82) is 0 Å². The average molecular weight is 331 g/mol. The van der Waals surface area contributed by atoms with E-state index in [1.165, 1.54) is 0 Å². The Kier molecular flexibility index (Phi) is 3.96. The van der Waals surface area contributed by atoms with E-state index < -0.39 is 15.8 Å². The minimum atomic E-state index is -3.03. The second-order valence-electron chi connectivity index (χ2n) is 5.58. The zero-order chi connectivity index (χ0) is 15.0. The molecule has 1 saturated heterocycles. The van der Waals surface area contributed by atoms with Crippen LogP contribution in [0.1, 0.15) is 43.5 Å². The fourth-order valence-electron chi connectivity index (χ4n) is 2.68. The number of carboxylic acids is 1. The molecule has 0 bridgehead atoms. The SMILES string of the molecule is O=C(O)CSc1nnc(C2CC2)n1C1CCCS(=O)(=O)C1. The van der Waals surface area contributed by atoms with Crippen LogP contribution in [0.3, 0.4) is 0 Å². The molecule has 1 unspecified atom stereocenters. The van der Waals surface area contributed by atoms with Crippen LogP contribution in [0.25, 0.3) is 0 Å². The molecule has 0 amide bonds. The van der Waals surface area contributed by atoms with Crippen LogP contribution in [0.15, 0.2) is 5.16 Å². The van der Waals surface area contributed by atoms with Gasteiger partial charge in [0.15, 0.2) is 15.0 Å². The van der Waals surface area contributed by atoms with Crippen molar-refractivity contribution in [2.45, 2.75) is 42.8 Å². The molecule has 2 fully saturated rings. The minimum absolute atomic E-state index is 0.0950. The lowest BCUT2D eigenvalue weighted by Crippen LogP contribution is -2.29. The minimum Gasteiger partial charge on any atom is -0.481 e. The lowest BCUT2D eigenvalue weighted by Gasteiger charge is -2.25. The molecule has 1 aliphatic heterocycles. The molecule has 1 atom stereocenters. The molecule has 3 rings (SSSR count). The van der Waals surface area contributed by atoms with Gasteiger partial charge in [-0.25, -0.2) is 8.42 Å². The summed E-state index contributed by atoms with van der Waals surface area (Å²) in [7, 11) is -3.03. The zero-order valence-electron chi connectivity index (χ0n) is 11.4. The van der Waals surface area contributed by atoms with E-state index in [0.717, 1.165) is 36.8 Å². The molecule has 1 saturated carbocycles. The van der Waals surface area contributed by atoms with E-state index in [0.29, 0.717) is 17.5 Å². The summed E-state index contributed by atoms with van der Waals surface area (Å²) in [5.74, 6) is 0.500. The molecular formula is C12H17N3O4S2. The van der Waals surface area contributed by atoms with Gasteiger partial charge in [-0.05, 0) is 25.7 Å². The predicted molar refractivity (Wildman–Crippen MR) is 77.3 cm³/mol. The summed E-state index contributed by atoms with van der Waals surface area (Å²) >= 11 is 1.11. The first-order valence-corrected chi connectivity index (χ1v) is 9.77. The molecule has 7 nitrogen and oxygen atoms in total. The number of carboxylic acid groups (broad SMARTS) is 1. The number of thioether (sulfide) groups is 1. The maximum Gasteiger partial charge on any atom is 0.313 e. The van der Waals surface area contributed by atoms with Crippen molar-refractivity contribution in [3.05, 3.63) is 5.82 Å². The van der Waals surface area contributed by atoms with Gasteiger partial charge in [-0.1, -0.05) is 11.8 Å². The number of carbonyl (C=O) groups is 1. The van der Waals surface area contributed by atoms with Crippen LogP contribution >= 0.6 is 11.8 Å². The number of hydrogen-bond donors (Lipinski definition) is 1. The second kappa shape index (κ2) is 5.60. The van der Waals surface area contributed by atoms with Crippen molar-refractivity contribution >= 4 is 27.6 Å². The summed E-state index contributed by atoms with van der Waals surface area (Å²) < 4.78 is 25.6. The topological polar surface area (TPSA) is 102 Å². The molecule has 9 heteroatoms. The summed E-state index contributed by atoms with van der Waals surface area (Å²) in [6, 6.07) is -0.161. The first-order valence-electron chi connectivity index (χ1n) is 6.96. The number of hydrogen-bond acceptors (Lipinski definition) is 6. The first-order chi connectivity index (χ1) is 9.96. The molecule has 1 aromatic rings. The summed E-state index contributed by atoms with van der Waals surface area (Å²) in [6.07, 6.45) is 3.50. The van der Waals surface area contributed by atoms with Crippen LogP contribution in [0, 0.1) is 0 Å². The molecule has 0 spiro atoms. The highest BCUT2D eigenvalue weighted by Crippen LogP contribution is 2.42. The zero-order valence-corrected chi connectivity index (χ0v) is 13.1. The smallest absolute Gasteiger partial charge is 0.313 e. The monoisotopic (exact) mass is 331 g/mol. The molecule has 21 heavy (non-hydrogen) atoms. The van der Waals surface area contributed by atoms with Gasteiger partial charge in [-0.2, -0.15) is 0 Å². The Labute approximate surface area is 127 Å². The maximum absolute atomic E-state index is 11.9. The van der Waals surface area contributed by atoms with Crippen LogP contribution in [0.2, 0.25) is 0 Å². The van der Waals surface area contributed by atoms with E-state index in [1.807, 2.05) is 4.57 Å². The van der Waals surface area contributed by atoms with Crippen molar-refractivity contribution in [3.8, 4) is 0 Å². The molecule has 0 aromatic carbocycles. The van der Waals surface area contributed by atoms with Gasteiger partial charge in [0, 0.05) is 5.92 Å². The molecule has 1 aromatic heterocycles. The highest BCUT2D eigenvalue weighted by Gasteiger charge is 2.35. The van der Waals surface area contributed by atoms with Crippen LogP contribution in [-0.2, 0) is 14.6 Å². The Morgan fingerprint density at radius 1 is 1.33 bits per heavy atom. The summed E-state index contributed by atoms with van der Waals surface area (Å²) in [4.78, 5) is 10.7. The molecule has 116 valence electrons. The molecular weight excluding hydrogens is 314 g/mol. The fourth-order valence-corrected chi connectivity index (χ4v) is 5.09. The predicted octanol–water partition coefficient (Wildman–Crippen LogP) is 1.08. The van der Waals surface area contributed by atoms with E-state index >= 15 is 0 Å². The third-order valence-corrected chi connectivity index (χ3v) is 6.49. The van der Waals surface area contributed by atoms with Gasteiger partial charge >= 0.3 is 5.97 Å². The number of nitrogens with zero attached hydrogens (tertiary/aromatic N) is 3. The van der Waals surface area contributed by atoms with Gasteiger partial charge in [-0.3, -0.25) is 4.79 Å². The van der Waals surface area contributed by atoms with Gasteiger partial charge in [-0.15, -0.1) is 10.2 Å². The van der Waals surface area contributed by atoms with E-state index in [1.54, 1.807) is 0 Å². The maximum atomic E-state index is 11.9. The highest BCUT2D eigenvalue weighted by atomic mass is 32.2. The van der Waals surface area contributed by atoms with Gasteiger partial charge in [0.25, 0.3) is 0 Å². The number of aromatic nitrogens is 3. The normalized spacial score (nSPS) is 24.9. The Balaban J connectivity index is 1.90.